The molecule has 6 heteroatoms. The number of carbonyl (C=O) groups excluding carboxylic acids is 1. The van der Waals surface area contributed by atoms with Gasteiger partial charge in [0.25, 0.3) is 10.0 Å². The standard InChI is InChI=1S/C18H22N2O3S/c1-13(2)11-15-5-4-6-17(12-15)20-24(22,23)18-9-7-16(8-10-18)19-14(3)21/h4-10,12-13,20H,11H2,1-3H3,(H,19,21). The van der Waals surface area contributed by atoms with Gasteiger partial charge in [-0.05, 0) is 54.3 Å². The molecule has 0 heterocycles. The Kier molecular flexibility index (Phi) is 5.62. The summed E-state index contributed by atoms with van der Waals surface area (Å²) < 4.78 is 27.5. The summed E-state index contributed by atoms with van der Waals surface area (Å²) in [5, 5.41) is 2.60. The molecular formula is C18H22N2O3S. The molecule has 0 aromatic heterocycles. The number of carbonyl (C=O) groups is 1. The van der Waals surface area contributed by atoms with Crippen LogP contribution < -0.4 is 10.0 Å². The summed E-state index contributed by atoms with van der Waals surface area (Å²) in [6.07, 6.45) is 0.890. The lowest BCUT2D eigenvalue weighted by molar-refractivity contribution is -0.114. The number of nitrogens with one attached hydrogen (secondary N) is 2. The van der Waals surface area contributed by atoms with Crippen molar-refractivity contribution in [1.82, 2.24) is 0 Å². The predicted molar refractivity (Wildman–Crippen MR) is 96.5 cm³/mol. The zero-order chi connectivity index (χ0) is 17.7. The molecule has 0 saturated carbocycles. The van der Waals surface area contributed by atoms with Crippen LogP contribution in [0, 0.1) is 5.92 Å². The van der Waals surface area contributed by atoms with Gasteiger partial charge in [-0.3, -0.25) is 9.52 Å². The lowest BCUT2D eigenvalue weighted by Crippen LogP contribution is -2.13. The fraction of sp³-hybridized carbons (Fsp3) is 0.278. The van der Waals surface area contributed by atoms with Crippen LogP contribution in [0.15, 0.2) is 53.4 Å². The summed E-state index contributed by atoms with van der Waals surface area (Å²) in [6, 6.07) is 13.5. The van der Waals surface area contributed by atoms with Gasteiger partial charge in [-0.1, -0.05) is 26.0 Å². The van der Waals surface area contributed by atoms with Crippen molar-refractivity contribution in [2.45, 2.75) is 32.1 Å². The first-order chi connectivity index (χ1) is 11.3. The molecule has 0 saturated heterocycles. The Morgan fingerprint density at radius 2 is 1.71 bits per heavy atom. The Morgan fingerprint density at radius 1 is 1.04 bits per heavy atom. The largest absolute Gasteiger partial charge is 0.326 e. The minimum Gasteiger partial charge on any atom is -0.326 e. The van der Waals surface area contributed by atoms with Crippen LogP contribution in [0.25, 0.3) is 0 Å². The molecule has 0 unspecified atom stereocenters. The molecule has 0 bridgehead atoms. The number of anilines is 2. The van der Waals surface area contributed by atoms with Crippen molar-refractivity contribution >= 4 is 27.3 Å². The Balaban J connectivity index is 2.17. The van der Waals surface area contributed by atoms with E-state index in [0.717, 1.165) is 12.0 Å². The van der Waals surface area contributed by atoms with Crippen LogP contribution in [0.5, 0.6) is 0 Å². The molecule has 0 fully saturated rings. The molecule has 5 nitrogen and oxygen atoms in total. The molecule has 128 valence electrons. The van der Waals surface area contributed by atoms with Crippen molar-refractivity contribution in [3.63, 3.8) is 0 Å². The van der Waals surface area contributed by atoms with E-state index in [-0.39, 0.29) is 10.8 Å². The summed E-state index contributed by atoms with van der Waals surface area (Å²) in [4.78, 5) is 11.1. The number of hydrogen-bond acceptors (Lipinski definition) is 3. The van der Waals surface area contributed by atoms with Gasteiger partial charge in [-0.15, -0.1) is 0 Å². The summed E-state index contributed by atoms with van der Waals surface area (Å²) in [7, 11) is -3.67. The third kappa shape index (κ3) is 5.09. The molecule has 2 N–H and O–H groups in total. The van der Waals surface area contributed by atoms with Gasteiger partial charge in [0.2, 0.25) is 5.91 Å². The maximum atomic E-state index is 12.5. The van der Waals surface area contributed by atoms with Crippen molar-refractivity contribution in [3.8, 4) is 0 Å². The van der Waals surface area contributed by atoms with E-state index in [1.807, 2.05) is 18.2 Å². The Bertz CT molecular complexity index is 812. The van der Waals surface area contributed by atoms with E-state index >= 15 is 0 Å². The minimum atomic E-state index is -3.67. The van der Waals surface area contributed by atoms with Crippen LogP contribution in [-0.4, -0.2) is 14.3 Å². The summed E-state index contributed by atoms with van der Waals surface area (Å²) in [5.41, 5.74) is 2.19. The second-order valence-corrected chi connectivity index (χ2v) is 7.79. The molecular weight excluding hydrogens is 324 g/mol. The summed E-state index contributed by atoms with van der Waals surface area (Å²) in [6.45, 7) is 5.64. The molecule has 24 heavy (non-hydrogen) atoms. The third-order valence-corrected chi connectivity index (χ3v) is 4.71. The van der Waals surface area contributed by atoms with Crippen molar-refractivity contribution in [2.24, 2.45) is 5.92 Å². The smallest absolute Gasteiger partial charge is 0.261 e. The van der Waals surface area contributed by atoms with Gasteiger partial charge in [0.05, 0.1) is 4.90 Å². The van der Waals surface area contributed by atoms with Gasteiger partial charge < -0.3 is 5.32 Å². The van der Waals surface area contributed by atoms with Crippen LogP contribution in [0.1, 0.15) is 26.3 Å². The van der Waals surface area contributed by atoms with Crippen LogP contribution in [0.3, 0.4) is 0 Å². The number of sulfonamides is 1. The molecule has 0 atom stereocenters. The van der Waals surface area contributed by atoms with Gasteiger partial charge in [0.1, 0.15) is 0 Å². The average molecular weight is 346 g/mol. The normalized spacial score (nSPS) is 11.3. The van der Waals surface area contributed by atoms with E-state index in [0.29, 0.717) is 17.3 Å². The van der Waals surface area contributed by atoms with Crippen LogP contribution >= 0.6 is 0 Å². The second-order valence-electron chi connectivity index (χ2n) is 6.11. The maximum Gasteiger partial charge on any atom is 0.261 e. The molecule has 2 aromatic rings. The lowest BCUT2D eigenvalue weighted by atomic mass is 10.0. The lowest BCUT2D eigenvalue weighted by Gasteiger charge is -2.11. The molecule has 2 rings (SSSR count). The van der Waals surface area contributed by atoms with Gasteiger partial charge in [-0.2, -0.15) is 0 Å². The quantitative estimate of drug-likeness (QED) is 0.838. The number of hydrogen-bond donors (Lipinski definition) is 2. The van der Waals surface area contributed by atoms with Gasteiger partial charge in [0, 0.05) is 18.3 Å². The zero-order valence-corrected chi connectivity index (χ0v) is 14.9. The van der Waals surface area contributed by atoms with Crippen LogP contribution in [-0.2, 0) is 21.2 Å². The Morgan fingerprint density at radius 3 is 2.29 bits per heavy atom. The van der Waals surface area contributed by atoms with Crippen molar-refractivity contribution in [3.05, 3.63) is 54.1 Å². The fourth-order valence-corrected chi connectivity index (χ4v) is 3.42. The fourth-order valence-electron chi connectivity index (χ4n) is 2.37. The molecule has 2 aromatic carbocycles. The molecule has 0 spiro atoms. The highest BCUT2D eigenvalue weighted by atomic mass is 32.2. The third-order valence-electron chi connectivity index (χ3n) is 3.31. The number of amides is 1. The highest BCUT2D eigenvalue weighted by molar-refractivity contribution is 7.92. The predicted octanol–water partition coefficient (Wildman–Crippen LogP) is 3.64. The summed E-state index contributed by atoms with van der Waals surface area (Å²) in [5.74, 6) is 0.295. The van der Waals surface area contributed by atoms with E-state index in [1.165, 1.54) is 19.1 Å². The Labute approximate surface area is 143 Å². The second kappa shape index (κ2) is 7.49. The van der Waals surface area contributed by atoms with E-state index in [2.05, 4.69) is 23.9 Å². The highest BCUT2D eigenvalue weighted by Gasteiger charge is 2.14. The van der Waals surface area contributed by atoms with E-state index in [4.69, 9.17) is 0 Å². The van der Waals surface area contributed by atoms with Crippen molar-refractivity contribution in [1.29, 1.82) is 0 Å². The molecule has 1 amide bonds. The van der Waals surface area contributed by atoms with Gasteiger partial charge in [-0.25, -0.2) is 8.42 Å². The average Bonchev–Trinajstić information content (AvgIpc) is 2.46. The number of rotatable bonds is 6. The monoisotopic (exact) mass is 346 g/mol. The Hall–Kier alpha value is -2.34. The zero-order valence-electron chi connectivity index (χ0n) is 14.0. The molecule has 0 radical (unpaired) electrons. The topological polar surface area (TPSA) is 75.3 Å². The van der Waals surface area contributed by atoms with Crippen LogP contribution in [0.2, 0.25) is 0 Å². The van der Waals surface area contributed by atoms with E-state index < -0.39 is 10.0 Å². The van der Waals surface area contributed by atoms with Gasteiger partial charge in [0.15, 0.2) is 0 Å². The first-order valence-corrected chi connectivity index (χ1v) is 9.24. The maximum absolute atomic E-state index is 12.5. The van der Waals surface area contributed by atoms with Crippen LogP contribution in [0.4, 0.5) is 11.4 Å². The molecule has 0 aliphatic rings. The minimum absolute atomic E-state index is 0.144. The molecule has 0 aliphatic heterocycles. The first-order valence-electron chi connectivity index (χ1n) is 7.75. The first kappa shape index (κ1) is 18.0. The highest BCUT2D eigenvalue weighted by Crippen LogP contribution is 2.20. The van der Waals surface area contributed by atoms with Crippen molar-refractivity contribution in [2.75, 3.05) is 10.0 Å². The van der Waals surface area contributed by atoms with Gasteiger partial charge >= 0.3 is 0 Å². The SMILES string of the molecule is CC(=O)Nc1ccc(S(=O)(=O)Nc2cccc(CC(C)C)c2)cc1. The summed E-state index contributed by atoms with van der Waals surface area (Å²) >= 11 is 0. The molecule has 0 aliphatic carbocycles. The van der Waals surface area contributed by atoms with E-state index in [1.54, 1.807) is 18.2 Å². The van der Waals surface area contributed by atoms with Crippen molar-refractivity contribution < 1.29 is 13.2 Å². The number of benzene rings is 2. The van der Waals surface area contributed by atoms with E-state index in [9.17, 15) is 13.2 Å².